The summed E-state index contributed by atoms with van der Waals surface area (Å²) in [5, 5.41) is 28.6. The second-order valence-electron chi connectivity index (χ2n) is 5.30. The van der Waals surface area contributed by atoms with Gasteiger partial charge in [0, 0.05) is 5.56 Å². The number of phenolic OH excluding ortho intramolecular Hbond substituents is 1. The van der Waals surface area contributed by atoms with Gasteiger partial charge < -0.3 is 10.2 Å². The van der Waals surface area contributed by atoms with Crippen LogP contribution in [0.4, 0.5) is 0 Å². The number of aliphatic hydroxyl groups excluding tert-OH is 1. The molecule has 0 aliphatic rings. The summed E-state index contributed by atoms with van der Waals surface area (Å²) in [5.74, 6) is 0.176. The molecule has 0 saturated carbocycles. The Balaban J connectivity index is 2.13. The Morgan fingerprint density at radius 3 is 2.36 bits per heavy atom. The minimum Gasteiger partial charge on any atom is -0.507 e. The third-order valence-corrected chi connectivity index (χ3v) is 5.37. The smallest absolute Gasteiger partial charge is 0.238 e. The zero-order valence-electron chi connectivity index (χ0n) is 12.8. The third kappa shape index (κ3) is 3.68. The fourth-order valence-corrected chi connectivity index (χ4v) is 3.38. The molecule has 2 aromatic carbocycles. The van der Waals surface area contributed by atoms with E-state index >= 15 is 0 Å². The molecule has 0 aliphatic carbocycles. The van der Waals surface area contributed by atoms with Crippen molar-refractivity contribution in [2.24, 2.45) is 5.14 Å². The SMILES string of the molecule is NS(=O)(=O)c1ccc(-n2nc(CO)cc2-c2ccc(O)c(I)c2)cc1. The number of halogens is 1. The number of nitrogens with two attached hydrogens (primary N) is 1. The number of nitrogens with zero attached hydrogens (tertiary/aromatic N) is 2. The van der Waals surface area contributed by atoms with E-state index in [9.17, 15) is 18.6 Å². The van der Waals surface area contributed by atoms with Gasteiger partial charge in [0.25, 0.3) is 0 Å². The van der Waals surface area contributed by atoms with Crippen LogP contribution in [0.2, 0.25) is 0 Å². The Hall–Kier alpha value is -1.95. The van der Waals surface area contributed by atoms with Crippen LogP contribution in [0.3, 0.4) is 0 Å². The van der Waals surface area contributed by atoms with Gasteiger partial charge in [-0.3, -0.25) is 0 Å². The van der Waals surface area contributed by atoms with Crippen LogP contribution in [0.1, 0.15) is 5.69 Å². The number of primary sulfonamides is 1. The summed E-state index contributed by atoms with van der Waals surface area (Å²) >= 11 is 2.02. The molecule has 25 heavy (non-hydrogen) atoms. The van der Waals surface area contributed by atoms with E-state index in [1.165, 1.54) is 12.1 Å². The number of rotatable bonds is 4. The number of hydrogen-bond donors (Lipinski definition) is 3. The van der Waals surface area contributed by atoms with E-state index in [2.05, 4.69) is 5.10 Å². The Bertz CT molecular complexity index is 1030. The average Bonchev–Trinajstić information content (AvgIpc) is 3.01. The van der Waals surface area contributed by atoms with Crippen molar-refractivity contribution in [3.05, 3.63) is 57.8 Å². The molecule has 0 atom stereocenters. The molecular formula is C16H14IN3O4S. The van der Waals surface area contributed by atoms with Gasteiger partial charge in [-0.25, -0.2) is 18.2 Å². The van der Waals surface area contributed by atoms with Crippen LogP contribution in [0, 0.1) is 3.57 Å². The lowest BCUT2D eigenvalue weighted by atomic mass is 10.1. The summed E-state index contributed by atoms with van der Waals surface area (Å²) in [4.78, 5) is 0.00604. The first-order chi connectivity index (χ1) is 11.8. The minimum atomic E-state index is -3.77. The average molecular weight is 471 g/mol. The van der Waals surface area contributed by atoms with Gasteiger partial charge in [0.2, 0.25) is 10.0 Å². The van der Waals surface area contributed by atoms with Crippen LogP contribution in [-0.2, 0) is 16.6 Å². The van der Waals surface area contributed by atoms with Crippen LogP contribution in [0.25, 0.3) is 16.9 Å². The summed E-state index contributed by atoms with van der Waals surface area (Å²) in [6.07, 6.45) is 0. The van der Waals surface area contributed by atoms with Crippen LogP contribution in [-0.4, -0.2) is 28.4 Å². The van der Waals surface area contributed by atoms with Crippen molar-refractivity contribution in [1.82, 2.24) is 9.78 Å². The van der Waals surface area contributed by atoms with E-state index in [1.807, 2.05) is 22.6 Å². The number of hydrogen-bond acceptors (Lipinski definition) is 5. The fourth-order valence-electron chi connectivity index (χ4n) is 2.35. The normalized spacial score (nSPS) is 11.6. The second-order valence-corrected chi connectivity index (χ2v) is 8.02. The lowest BCUT2D eigenvalue weighted by Crippen LogP contribution is -2.12. The first-order valence-corrected chi connectivity index (χ1v) is 9.74. The van der Waals surface area contributed by atoms with E-state index in [1.54, 1.807) is 41.1 Å². The molecular weight excluding hydrogens is 457 g/mol. The topological polar surface area (TPSA) is 118 Å². The number of aliphatic hydroxyl groups is 1. The van der Waals surface area contributed by atoms with Crippen molar-refractivity contribution in [3.63, 3.8) is 0 Å². The lowest BCUT2D eigenvalue weighted by molar-refractivity contribution is 0.276. The Labute approximate surface area is 157 Å². The van der Waals surface area contributed by atoms with Crippen molar-refractivity contribution in [3.8, 4) is 22.7 Å². The fraction of sp³-hybridized carbons (Fsp3) is 0.0625. The molecule has 0 radical (unpaired) electrons. The lowest BCUT2D eigenvalue weighted by Gasteiger charge is -2.09. The number of aromatic hydroxyl groups is 1. The van der Waals surface area contributed by atoms with Crippen molar-refractivity contribution >= 4 is 32.6 Å². The Kier molecular flexibility index (Phi) is 4.82. The summed E-state index contributed by atoms with van der Waals surface area (Å²) in [6, 6.07) is 12.8. The number of aromatic nitrogens is 2. The second kappa shape index (κ2) is 6.75. The summed E-state index contributed by atoms with van der Waals surface area (Å²) in [5.41, 5.74) is 2.58. The third-order valence-electron chi connectivity index (χ3n) is 3.58. The van der Waals surface area contributed by atoms with Gasteiger partial charge in [-0.05, 0) is 71.1 Å². The maximum Gasteiger partial charge on any atom is 0.238 e. The molecule has 0 spiro atoms. The maximum atomic E-state index is 11.4. The Morgan fingerprint density at radius 1 is 1.12 bits per heavy atom. The molecule has 0 bridgehead atoms. The van der Waals surface area contributed by atoms with Crippen molar-refractivity contribution in [1.29, 1.82) is 0 Å². The summed E-state index contributed by atoms with van der Waals surface area (Å²) in [6.45, 7) is -0.232. The first kappa shape index (κ1) is 17.9. The molecule has 130 valence electrons. The zero-order valence-corrected chi connectivity index (χ0v) is 15.8. The number of benzene rings is 2. The van der Waals surface area contributed by atoms with Crippen LogP contribution in [0.15, 0.2) is 53.4 Å². The van der Waals surface area contributed by atoms with E-state index in [4.69, 9.17) is 5.14 Å². The monoisotopic (exact) mass is 471 g/mol. The van der Waals surface area contributed by atoms with Gasteiger partial charge in [0.05, 0.1) is 32.1 Å². The van der Waals surface area contributed by atoms with E-state index < -0.39 is 10.0 Å². The number of phenols is 1. The van der Waals surface area contributed by atoms with E-state index in [-0.39, 0.29) is 17.3 Å². The summed E-state index contributed by atoms with van der Waals surface area (Å²) in [7, 11) is -3.77. The quantitative estimate of drug-likeness (QED) is 0.503. The molecule has 3 rings (SSSR count). The molecule has 0 amide bonds. The van der Waals surface area contributed by atoms with Gasteiger partial charge >= 0.3 is 0 Å². The van der Waals surface area contributed by atoms with Gasteiger partial charge in [0.15, 0.2) is 0 Å². The first-order valence-electron chi connectivity index (χ1n) is 7.11. The predicted octanol–water partition coefficient (Wildman–Crippen LogP) is 1.99. The van der Waals surface area contributed by atoms with Crippen molar-refractivity contribution in [2.45, 2.75) is 11.5 Å². The van der Waals surface area contributed by atoms with Crippen LogP contribution >= 0.6 is 22.6 Å². The number of sulfonamides is 1. The van der Waals surface area contributed by atoms with Gasteiger partial charge in [0.1, 0.15) is 5.75 Å². The highest BCUT2D eigenvalue weighted by atomic mass is 127. The molecule has 1 heterocycles. The van der Waals surface area contributed by atoms with Gasteiger partial charge in [-0.2, -0.15) is 5.10 Å². The molecule has 0 unspecified atom stereocenters. The molecule has 9 heteroatoms. The largest absolute Gasteiger partial charge is 0.507 e. The van der Waals surface area contributed by atoms with Gasteiger partial charge in [-0.15, -0.1) is 0 Å². The zero-order chi connectivity index (χ0) is 18.2. The molecule has 0 aliphatic heterocycles. The highest BCUT2D eigenvalue weighted by Crippen LogP contribution is 2.29. The highest BCUT2D eigenvalue weighted by molar-refractivity contribution is 14.1. The summed E-state index contributed by atoms with van der Waals surface area (Å²) < 4.78 is 25.1. The van der Waals surface area contributed by atoms with E-state index in [0.29, 0.717) is 20.6 Å². The highest BCUT2D eigenvalue weighted by Gasteiger charge is 2.14. The molecule has 7 nitrogen and oxygen atoms in total. The molecule has 4 N–H and O–H groups in total. The molecule has 3 aromatic rings. The molecule has 0 fully saturated rings. The standard InChI is InChI=1S/C16H14IN3O4S/c17-14-7-10(1-6-16(14)22)15-8-11(9-21)19-20(15)12-2-4-13(5-3-12)25(18,23)24/h1-8,21-22H,9H2,(H2,18,23,24). The maximum absolute atomic E-state index is 11.4. The van der Waals surface area contributed by atoms with Crippen LogP contribution in [0.5, 0.6) is 5.75 Å². The van der Waals surface area contributed by atoms with Crippen LogP contribution < -0.4 is 5.14 Å². The molecule has 1 aromatic heterocycles. The Morgan fingerprint density at radius 2 is 1.80 bits per heavy atom. The van der Waals surface area contributed by atoms with Crippen molar-refractivity contribution in [2.75, 3.05) is 0 Å². The molecule has 0 saturated heterocycles. The van der Waals surface area contributed by atoms with E-state index in [0.717, 1.165) is 5.56 Å². The van der Waals surface area contributed by atoms with Crippen molar-refractivity contribution < 1.29 is 18.6 Å². The minimum absolute atomic E-state index is 0.00604. The van der Waals surface area contributed by atoms with Gasteiger partial charge in [-0.1, -0.05) is 0 Å². The predicted molar refractivity (Wildman–Crippen MR) is 101 cm³/mol.